The highest BCUT2D eigenvalue weighted by Crippen LogP contribution is 2.25. The van der Waals surface area contributed by atoms with Gasteiger partial charge in [0, 0.05) is 0 Å². The first-order valence-corrected chi connectivity index (χ1v) is 4.66. The van der Waals surface area contributed by atoms with E-state index in [1.165, 1.54) is 0 Å². The molecule has 2 nitrogen and oxygen atoms in total. The molecule has 0 heterocycles. The van der Waals surface area contributed by atoms with Gasteiger partial charge in [-0.3, -0.25) is 0 Å². The molecule has 3 N–H and O–H groups in total. The Morgan fingerprint density at radius 2 is 1.92 bits per heavy atom. The molecule has 13 heavy (non-hydrogen) atoms. The summed E-state index contributed by atoms with van der Waals surface area (Å²) in [4.78, 5) is 0. The number of hydrogen-bond acceptors (Lipinski definition) is 2. The summed E-state index contributed by atoms with van der Waals surface area (Å²) < 4.78 is 0. The minimum Gasteiger partial charge on any atom is -0.391 e. The highest BCUT2D eigenvalue weighted by molar-refractivity contribution is 6.42. The van der Waals surface area contributed by atoms with Crippen molar-refractivity contribution in [1.82, 2.24) is 0 Å². The third kappa shape index (κ3) is 2.58. The van der Waals surface area contributed by atoms with E-state index < -0.39 is 12.1 Å². The summed E-state index contributed by atoms with van der Waals surface area (Å²) in [7, 11) is 0. The zero-order chi connectivity index (χ0) is 10.0. The summed E-state index contributed by atoms with van der Waals surface area (Å²) in [5, 5.41) is 10.2. The molecule has 72 valence electrons. The Kier molecular flexibility index (Phi) is 3.56. The van der Waals surface area contributed by atoms with Crippen molar-refractivity contribution < 1.29 is 5.11 Å². The highest BCUT2D eigenvalue weighted by Gasteiger charge is 2.12. The lowest BCUT2D eigenvalue weighted by Crippen LogP contribution is -2.22. The van der Waals surface area contributed by atoms with Gasteiger partial charge in [0.2, 0.25) is 0 Å². The molecule has 0 fully saturated rings. The number of nitrogens with two attached hydrogens (primary N) is 1. The van der Waals surface area contributed by atoms with Crippen LogP contribution in [-0.2, 0) is 0 Å². The van der Waals surface area contributed by atoms with Gasteiger partial charge in [-0.2, -0.15) is 0 Å². The molecule has 0 spiro atoms. The molecular weight excluding hydrogens is 209 g/mol. The molecule has 0 unspecified atom stereocenters. The minimum absolute atomic E-state index is 0.422. The third-order valence-corrected chi connectivity index (χ3v) is 2.59. The average Bonchev–Trinajstić information content (AvgIpc) is 2.08. The van der Waals surface area contributed by atoms with E-state index in [2.05, 4.69) is 0 Å². The fraction of sp³-hybridized carbons (Fsp3) is 0.333. The average molecular weight is 220 g/mol. The van der Waals surface area contributed by atoms with E-state index in [9.17, 15) is 5.11 Å². The second-order valence-corrected chi connectivity index (χ2v) is 3.75. The summed E-state index contributed by atoms with van der Waals surface area (Å²) in [5.41, 5.74) is 6.49. The monoisotopic (exact) mass is 219 g/mol. The van der Waals surface area contributed by atoms with Crippen LogP contribution >= 0.6 is 23.2 Å². The van der Waals surface area contributed by atoms with Gasteiger partial charge in [0.05, 0.1) is 22.2 Å². The van der Waals surface area contributed by atoms with E-state index in [0.717, 1.165) is 5.56 Å². The van der Waals surface area contributed by atoms with Crippen molar-refractivity contribution >= 4 is 23.2 Å². The molecule has 0 bridgehead atoms. The Hall–Kier alpha value is -0.280. The van der Waals surface area contributed by atoms with Crippen LogP contribution in [-0.4, -0.2) is 11.2 Å². The molecule has 4 heteroatoms. The summed E-state index contributed by atoms with van der Waals surface area (Å²) in [5.74, 6) is 0. The molecule has 0 radical (unpaired) electrons. The molecule has 1 rings (SSSR count). The topological polar surface area (TPSA) is 46.2 Å². The van der Waals surface area contributed by atoms with E-state index in [-0.39, 0.29) is 0 Å². The van der Waals surface area contributed by atoms with Crippen molar-refractivity contribution in [3.8, 4) is 0 Å². The molecule has 0 saturated carbocycles. The van der Waals surface area contributed by atoms with Crippen molar-refractivity contribution in [1.29, 1.82) is 0 Å². The molecular formula is C9H11Cl2NO. The molecule has 0 amide bonds. The fourth-order valence-electron chi connectivity index (χ4n) is 0.998. The van der Waals surface area contributed by atoms with E-state index in [1.807, 2.05) is 0 Å². The number of aliphatic hydroxyl groups is 1. The van der Waals surface area contributed by atoms with E-state index >= 15 is 0 Å². The van der Waals surface area contributed by atoms with Crippen LogP contribution in [0.4, 0.5) is 0 Å². The molecule has 0 aromatic heterocycles. The number of halogens is 2. The second kappa shape index (κ2) is 4.29. The zero-order valence-corrected chi connectivity index (χ0v) is 8.68. The molecule has 2 atom stereocenters. The standard InChI is InChI=1S/C9H11Cl2NO/c1-5(13)9(12)6-2-3-7(10)8(11)4-6/h2-5,9,13H,12H2,1H3/t5-,9+/m1/s1. The smallest absolute Gasteiger partial charge is 0.0704 e. The van der Waals surface area contributed by atoms with Crippen LogP contribution in [0.1, 0.15) is 18.5 Å². The predicted molar refractivity (Wildman–Crippen MR) is 55.1 cm³/mol. The Bertz CT molecular complexity index is 302. The quantitative estimate of drug-likeness (QED) is 0.803. The SMILES string of the molecule is C[C@@H](O)[C@H](N)c1ccc(Cl)c(Cl)c1. The van der Waals surface area contributed by atoms with Crippen LogP contribution < -0.4 is 5.73 Å². The number of rotatable bonds is 2. The predicted octanol–water partition coefficient (Wildman–Crippen LogP) is 2.37. The van der Waals surface area contributed by atoms with E-state index in [4.69, 9.17) is 28.9 Å². The number of hydrogen-bond donors (Lipinski definition) is 2. The highest BCUT2D eigenvalue weighted by atomic mass is 35.5. The van der Waals surface area contributed by atoms with Gasteiger partial charge >= 0.3 is 0 Å². The summed E-state index contributed by atoms with van der Waals surface area (Å²) in [6.07, 6.45) is -0.600. The van der Waals surface area contributed by atoms with E-state index in [1.54, 1.807) is 25.1 Å². The zero-order valence-electron chi connectivity index (χ0n) is 7.17. The van der Waals surface area contributed by atoms with Gasteiger partial charge in [-0.25, -0.2) is 0 Å². The first-order chi connectivity index (χ1) is 6.02. The van der Waals surface area contributed by atoms with Crippen molar-refractivity contribution in [2.45, 2.75) is 19.1 Å². The summed E-state index contributed by atoms with van der Waals surface area (Å²) in [6.45, 7) is 1.63. The Balaban J connectivity index is 2.97. The van der Waals surface area contributed by atoms with Gasteiger partial charge in [-0.05, 0) is 24.6 Å². The van der Waals surface area contributed by atoms with Crippen LogP contribution in [0.2, 0.25) is 10.0 Å². The molecule has 1 aromatic carbocycles. The third-order valence-electron chi connectivity index (χ3n) is 1.85. The van der Waals surface area contributed by atoms with Crippen molar-refractivity contribution in [2.24, 2.45) is 5.73 Å². The van der Waals surface area contributed by atoms with Gasteiger partial charge in [-0.1, -0.05) is 29.3 Å². The number of benzene rings is 1. The van der Waals surface area contributed by atoms with Gasteiger partial charge in [0.15, 0.2) is 0 Å². The lowest BCUT2D eigenvalue weighted by atomic mass is 10.0. The molecule has 0 saturated heterocycles. The Morgan fingerprint density at radius 3 is 2.38 bits per heavy atom. The minimum atomic E-state index is -0.600. The normalized spacial score (nSPS) is 15.5. The summed E-state index contributed by atoms with van der Waals surface area (Å²) in [6, 6.07) is 4.67. The molecule has 1 aromatic rings. The lowest BCUT2D eigenvalue weighted by Gasteiger charge is -2.15. The second-order valence-electron chi connectivity index (χ2n) is 2.94. The maximum absolute atomic E-state index is 9.23. The molecule has 0 aliphatic carbocycles. The maximum atomic E-state index is 9.23. The lowest BCUT2D eigenvalue weighted by molar-refractivity contribution is 0.164. The van der Waals surface area contributed by atoms with Gasteiger partial charge in [0.1, 0.15) is 0 Å². The van der Waals surface area contributed by atoms with Crippen LogP contribution in [0.3, 0.4) is 0 Å². The maximum Gasteiger partial charge on any atom is 0.0704 e. The largest absolute Gasteiger partial charge is 0.391 e. The number of aliphatic hydroxyl groups excluding tert-OH is 1. The van der Waals surface area contributed by atoms with E-state index in [0.29, 0.717) is 10.0 Å². The fourth-order valence-corrected chi connectivity index (χ4v) is 1.30. The van der Waals surface area contributed by atoms with Crippen molar-refractivity contribution in [3.63, 3.8) is 0 Å². The summed E-state index contributed by atoms with van der Waals surface area (Å²) >= 11 is 11.5. The molecule has 0 aliphatic rings. The van der Waals surface area contributed by atoms with Crippen LogP contribution in [0.15, 0.2) is 18.2 Å². The van der Waals surface area contributed by atoms with Crippen LogP contribution in [0.5, 0.6) is 0 Å². The Morgan fingerprint density at radius 1 is 1.31 bits per heavy atom. The van der Waals surface area contributed by atoms with Crippen molar-refractivity contribution in [2.75, 3.05) is 0 Å². The van der Waals surface area contributed by atoms with Crippen molar-refractivity contribution in [3.05, 3.63) is 33.8 Å². The van der Waals surface area contributed by atoms with Gasteiger partial charge in [-0.15, -0.1) is 0 Å². The first kappa shape index (κ1) is 10.8. The first-order valence-electron chi connectivity index (χ1n) is 3.91. The van der Waals surface area contributed by atoms with Gasteiger partial charge < -0.3 is 10.8 Å². The van der Waals surface area contributed by atoms with Crippen LogP contribution in [0.25, 0.3) is 0 Å². The molecule has 0 aliphatic heterocycles. The Labute approximate surface area is 87.3 Å². The van der Waals surface area contributed by atoms with Gasteiger partial charge in [0.25, 0.3) is 0 Å². The van der Waals surface area contributed by atoms with Crippen LogP contribution in [0, 0.1) is 0 Å².